The fraction of sp³-hybridized carbons (Fsp3) is 0.485. The van der Waals surface area contributed by atoms with E-state index in [2.05, 4.69) is 4.90 Å². The summed E-state index contributed by atoms with van der Waals surface area (Å²) in [5, 5.41) is 0.656. The van der Waals surface area contributed by atoms with Crippen molar-refractivity contribution in [3.63, 3.8) is 0 Å². The first-order valence-electron chi connectivity index (χ1n) is 15.2. The summed E-state index contributed by atoms with van der Waals surface area (Å²) in [6, 6.07) is 10.8. The Labute approximate surface area is 276 Å². The highest BCUT2D eigenvalue weighted by Crippen LogP contribution is 2.36. The van der Waals surface area contributed by atoms with Crippen molar-refractivity contribution in [3.05, 3.63) is 64.2 Å². The van der Waals surface area contributed by atoms with Crippen LogP contribution in [0.25, 0.3) is 10.6 Å². The molecule has 0 saturated carbocycles. The van der Waals surface area contributed by atoms with E-state index in [0.717, 1.165) is 33.2 Å². The molecule has 46 heavy (non-hydrogen) atoms. The number of hydrogen-bond donors (Lipinski definition) is 0. The molecule has 1 aliphatic heterocycles. The molecule has 1 amide bonds. The van der Waals surface area contributed by atoms with Gasteiger partial charge in [0.1, 0.15) is 10.8 Å². The molecule has 1 aliphatic rings. The molecule has 1 atom stereocenters. The second-order valence-electron chi connectivity index (χ2n) is 11.4. The highest BCUT2D eigenvalue weighted by Gasteiger charge is 2.30. The van der Waals surface area contributed by atoms with Gasteiger partial charge in [0.05, 0.1) is 24.5 Å². The van der Waals surface area contributed by atoms with E-state index in [0.29, 0.717) is 61.4 Å². The molecule has 8 nitrogen and oxygen atoms in total. The molecular weight excluding hydrogens is 640 g/mol. The number of alkyl halides is 3. The maximum absolute atomic E-state index is 13.2. The lowest BCUT2D eigenvalue weighted by Crippen LogP contribution is -2.48. The Morgan fingerprint density at radius 2 is 1.72 bits per heavy atom. The second kappa shape index (κ2) is 16.0. The summed E-state index contributed by atoms with van der Waals surface area (Å²) in [5.74, 6) is 1.04. The van der Waals surface area contributed by atoms with Gasteiger partial charge in [0.25, 0.3) is 0 Å². The predicted molar refractivity (Wildman–Crippen MR) is 173 cm³/mol. The molecule has 1 saturated heterocycles. The van der Waals surface area contributed by atoms with Gasteiger partial charge >= 0.3 is 18.2 Å². The number of hydrogen-bond acceptors (Lipinski definition) is 9. The normalized spacial score (nSPS) is 14.8. The topological polar surface area (TPSA) is 81.2 Å². The van der Waals surface area contributed by atoms with Gasteiger partial charge in [0.15, 0.2) is 6.10 Å². The second-order valence-corrected chi connectivity index (χ2v) is 13.6. The fourth-order valence-corrected chi connectivity index (χ4v) is 6.84. The summed E-state index contributed by atoms with van der Waals surface area (Å²) >= 11 is 3.09. The summed E-state index contributed by atoms with van der Waals surface area (Å²) < 4.78 is 55.7. The van der Waals surface area contributed by atoms with Crippen LogP contribution in [0.15, 0.2) is 47.4 Å². The SMILES string of the molecule is CCOC(=O)C(C)Oc1ccc(SCc2sc(-c3ccc(C(F)(F)F)cc3)nc2CN2CCN(C(=O)OCC(C)C)CC2)cc1C. The van der Waals surface area contributed by atoms with Crippen LogP contribution < -0.4 is 4.74 Å². The van der Waals surface area contributed by atoms with E-state index < -0.39 is 23.8 Å². The van der Waals surface area contributed by atoms with Crippen LogP contribution in [0.2, 0.25) is 0 Å². The molecule has 0 N–H and O–H groups in total. The molecule has 250 valence electrons. The molecule has 2 heterocycles. The van der Waals surface area contributed by atoms with E-state index in [1.807, 2.05) is 39.0 Å². The summed E-state index contributed by atoms with van der Waals surface area (Å²) in [4.78, 5) is 35.3. The Kier molecular flexibility index (Phi) is 12.4. The van der Waals surface area contributed by atoms with Gasteiger partial charge in [0.2, 0.25) is 0 Å². The number of esters is 1. The molecular formula is C33H40F3N3O5S2. The third-order valence-electron chi connectivity index (χ3n) is 7.22. The Bertz CT molecular complexity index is 1470. The van der Waals surface area contributed by atoms with Crippen LogP contribution in [-0.2, 0) is 32.7 Å². The standard InChI is InChI=1S/C33H40F3N3O5S2/c1-6-42-31(40)23(5)44-28-12-11-26(17-22(28)4)45-20-29-27(18-38-13-15-39(16-14-38)32(41)43-19-21(2)3)37-30(46-29)24-7-9-25(10-8-24)33(34,35)36/h7-12,17,21,23H,6,13-16,18-20H2,1-5H3. The van der Waals surface area contributed by atoms with E-state index in [1.54, 1.807) is 30.5 Å². The van der Waals surface area contributed by atoms with Gasteiger partial charge < -0.3 is 19.1 Å². The molecule has 13 heteroatoms. The van der Waals surface area contributed by atoms with Crippen LogP contribution in [-0.4, -0.2) is 72.3 Å². The van der Waals surface area contributed by atoms with Crippen molar-refractivity contribution >= 4 is 35.2 Å². The molecule has 0 aliphatic carbocycles. The van der Waals surface area contributed by atoms with Crippen LogP contribution in [0, 0.1) is 12.8 Å². The third-order valence-corrected chi connectivity index (χ3v) is 9.57. The number of nitrogens with zero attached hydrogens (tertiary/aromatic N) is 3. The first-order valence-corrected chi connectivity index (χ1v) is 17.0. The quantitative estimate of drug-likeness (QED) is 0.143. The maximum Gasteiger partial charge on any atom is 0.416 e. The maximum atomic E-state index is 13.2. The van der Waals surface area contributed by atoms with E-state index in [-0.39, 0.29) is 18.6 Å². The van der Waals surface area contributed by atoms with Gasteiger partial charge in [-0.3, -0.25) is 4.90 Å². The first-order chi connectivity index (χ1) is 21.8. The van der Waals surface area contributed by atoms with Crippen LogP contribution in [0.5, 0.6) is 5.75 Å². The number of carbonyl (C=O) groups is 2. The summed E-state index contributed by atoms with van der Waals surface area (Å²) in [6.07, 6.45) is -5.44. The number of piperazine rings is 1. The van der Waals surface area contributed by atoms with Crippen molar-refractivity contribution in [1.82, 2.24) is 14.8 Å². The Morgan fingerprint density at radius 1 is 1.02 bits per heavy atom. The number of ether oxygens (including phenoxy) is 3. The number of carbonyl (C=O) groups excluding carboxylic acids is 2. The number of aryl methyl sites for hydroxylation is 1. The van der Waals surface area contributed by atoms with Crippen molar-refractivity contribution in [3.8, 4) is 16.3 Å². The molecule has 0 spiro atoms. The molecule has 1 aromatic heterocycles. The lowest BCUT2D eigenvalue weighted by Gasteiger charge is -2.34. The molecule has 3 aromatic rings. The van der Waals surface area contributed by atoms with Gasteiger partial charge in [-0.25, -0.2) is 14.6 Å². The van der Waals surface area contributed by atoms with Crippen molar-refractivity contribution in [2.75, 3.05) is 39.4 Å². The largest absolute Gasteiger partial charge is 0.479 e. The smallest absolute Gasteiger partial charge is 0.416 e. The van der Waals surface area contributed by atoms with Crippen molar-refractivity contribution in [2.24, 2.45) is 5.92 Å². The number of rotatable bonds is 12. The zero-order valence-electron chi connectivity index (χ0n) is 26.7. The highest BCUT2D eigenvalue weighted by atomic mass is 32.2. The number of thioether (sulfide) groups is 1. The Morgan fingerprint density at radius 3 is 2.33 bits per heavy atom. The van der Waals surface area contributed by atoms with Gasteiger partial charge in [-0.2, -0.15) is 13.2 Å². The summed E-state index contributed by atoms with van der Waals surface area (Å²) in [7, 11) is 0. The van der Waals surface area contributed by atoms with Crippen LogP contribution in [0.3, 0.4) is 0 Å². The molecule has 1 fully saturated rings. The van der Waals surface area contributed by atoms with Gasteiger partial charge in [-0.1, -0.05) is 26.0 Å². The Balaban J connectivity index is 1.47. The highest BCUT2D eigenvalue weighted by molar-refractivity contribution is 7.98. The lowest BCUT2D eigenvalue weighted by molar-refractivity contribution is -0.150. The average molecular weight is 680 g/mol. The minimum absolute atomic E-state index is 0.264. The van der Waals surface area contributed by atoms with Crippen molar-refractivity contribution in [2.45, 2.75) is 64.1 Å². The monoisotopic (exact) mass is 679 g/mol. The minimum Gasteiger partial charge on any atom is -0.479 e. The number of aromatic nitrogens is 1. The first kappa shape index (κ1) is 35.6. The number of amides is 1. The van der Waals surface area contributed by atoms with E-state index in [4.69, 9.17) is 19.2 Å². The zero-order chi connectivity index (χ0) is 33.4. The summed E-state index contributed by atoms with van der Waals surface area (Å²) in [6.45, 7) is 12.9. The average Bonchev–Trinajstić information content (AvgIpc) is 3.42. The van der Waals surface area contributed by atoms with Gasteiger partial charge in [-0.05, 0) is 62.6 Å². The van der Waals surface area contributed by atoms with E-state index in [1.165, 1.54) is 23.5 Å². The molecule has 1 unspecified atom stereocenters. The van der Waals surface area contributed by atoms with E-state index >= 15 is 0 Å². The predicted octanol–water partition coefficient (Wildman–Crippen LogP) is 7.67. The lowest BCUT2D eigenvalue weighted by atomic mass is 10.1. The zero-order valence-corrected chi connectivity index (χ0v) is 28.3. The number of thiazole rings is 1. The summed E-state index contributed by atoms with van der Waals surface area (Å²) in [5.41, 5.74) is 1.67. The Hall–Kier alpha value is -3.29. The van der Waals surface area contributed by atoms with Gasteiger partial charge in [0, 0.05) is 53.8 Å². The molecule has 0 radical (unpaired) electrons. The fourth-order valence-electron chi connectivity index (χ4n) is 4.67. The molecule has 0 bridgehead atoms. The van der Waals surface area contributed by atoms with Gasteiger partial charge in [-0.15, -0.1) is 23.1 Å². The third kappa shape index (κ3) is 9.85. The van der Waals surface area contributed by atoms with Crippen LogP contribution >= 0.6 is 23.1 Å². The van der Waals surface area contributed by atoms with Crippen molar-refractivity contribution < 1.29 is 37.0 Å². The number of halogens is 3. The van der Waals surface area contributed by atoms with Crippen LogP contribution in [0.4, 0.5) is 18.0 Å². The van der Waals surface area contributed by atoms with Crippen LogP contribution in [0.1, 0.15) is 49.4 Å². The molecule has 2 aromatic carbocycles. The molecule has 4 rings (SSSR count). The number of benzene rings is 2. The van der Waals surface area contributed by atoms with E-state index in [9.17, 15) is 22.8 Å². The van der Waals surface area contributed by atoms with Crippen molar-refractivity contribution in [1.29, 1.82) is 0 Å². The minimum atomic E-state index is -4.41.